The van der Waals surface area contributed by atoms with E-state index in [0.29, 0.717) is 43.5 Å². The number of hydrogen-bond acceptors (Lipinski definition) is 7. The summed E-state index contributed by atoms with van der Waals surface area (Å²) in [5, 5.41) is 20.2. The lowest BCUT2D eigenvalue weighted by Gasteiger charge is -2.27. The number of nitro benzene ring substituents is 1. The van der Waals surface area contributed by atoms with Gasteiger partial charge in [-0.1, -0.05) is 0 Å². The summed E-state index contributed by atoms with van der Waals surface area (Å²) in [6, 6.07) is 2.72. The molecule has 4 rings (SSSR count). The molecule has 1 aliphatic carbocycles. The molecule has 150 valence electrons. The molecule has 2 fully saturated rings. The highest BCUT2D eigenvalue weighted by Crippen LogP contribution is 2.44. The quantitative estimate of drug-likeness (QED) is 0.545. The minimum atomic E-state index is -4.65. The van der Waals surface area contributed by atoms with Gasteiger partial charge in [0.05, 0.1) is 28.6 Å². The molecule has 2 heterocycles. The second-order valence-corrected chi connectivity index (χ2v) is 7.53. The molecular formula is C16H16F3N5O3S. The molecule has 0 unspecified atom stereocenters. The third kappa shape index (κ3) is 3.78. The van der Waals surface area contributed by atoms with E-state index in [0.717, 1.165) is 36.7 Å². The van der Waals surface area contributed by atoms with Crippen molar-refractivity contribution in [1.82, 2.24) is 14.8 Å². The minimum Gasteiger partial charge on any atom is -0.378 e. The van der Waals surface area contributed by atoms with Crippen molar-refractivity contribution in [3.05, 3.63) is 33.9 Å². The number of halogens is 3. The van der Waals surface area contributed by atoms with Gasteiger partial charge < -0.3 is 9.64 Å². The largest absolute Gasteiger partial charge is 0.416 e. The van der Waals surface area contributed by atoms with Crippen LogP contribution in [0.3, 0.4) is 0 Å². The van der Waals surface area contributed by atoms with Gasteiger partial charge in [0.2, 0.25) is 5.95 Å². The maximum Gasteiger partial charge on any atom is 0.416 e. The smallest absolute Gasteiger partial charge is 0.378 e. The average Bonchev–Trinajstić information content (AvgIpc) is 3.42. The van der Waals surface area contributed by atoms with Crippen molar-refractivity contribution < 1.29 is 22.8 Å². The second kappa shape index (κ2) is 7.24. The molecule has 0 bridgehead atoms. The van der Waals surface area contributed by atoms with Gasteiger partial charge in [-0.2, -0.15) is 13.2 Å². The lowest BCUT2D eigenvalue weighted by molar-refractivity contribution is -0.388. The van der Waals surface area contributed by atoms with E-state index < -0.39 is 22.4 Å². The minimum absolute atomic E-state index is 0.0980. The lowest BCUT2D eigenvalue weighted by atomic mass is 10.2. The van der Waals surface area contributed by atoms with Gasteiger partial charge in [-0.05, 0) is 36.7 Å². The Bertz CT molecular complexity index is 894. The molecule has 0 spiro atoms. The fourth-order valence-corrected chi connectivity index (χ4v) is 3.97. The molecule has 1 aliphatic heterocycles. The highest BCUT2D eigenvalue weighted by molar-refractivity contribution is 7.99. The van der Waals surface area contributed by atoms with Crippen molar-refractivity contribution in [3.8, 4) is 0 Å². The number of benzene rings is 1. The van der Waals surface area contributed by atoms with Crippen LogP contribution < -0.4 is 4.90 Å². The summed E-state index contributed by atoms with van der Waals surface area (Å²) in [7, 11) is 0. The molecule has 0 N–H and O–H groups in total. The van der Waals surface area contributed by atoms with Crippen LogP contribution in [0.1, 0.15) is 24.4 Å². The Kier molecular flexibility index (Phi) is 4.91. The van der Waals surface area contributed by atoms with Crippen molar-refractivity contribution in [2.24, 2.45) is 0 Å². The van der Waals surface area contributed by atoms with Crippen LogP contribution in [0.25, 0.3) is 0 Å². The molecule has 0 radical (unpaired) electrons. The molecule has 1 saturated heterocycles. The zero-order valence-corrected chi connectivity index (χ0v) is 15.4. The molecule has 28 heavy (non-hydrogen) atoms. The van der Waals surface area contributed by atoms with E-state index in [2.05, 4.69) is 10.2 Å². The Morgan fingerprint density at radius 2 is 1.93 bits per heavy atom. The standard InChI is InChI=1S/C16H16F3N5O3S/c17-16(18,19)10-1-4-13(12(9-10)24(25)26)28-15-21-20-14(23(15)11-2-3-11)22-5-7-27-8-6-22/h1,4,9,11H,2-3,5-8H2. The van der Waals surface area contributed by atoms with Crippen LogP contribution in [0.4, 0.5) is 24.8 Å². The first-order valence-electron chi connectivity index (χ1n) is 8.65. The van der Waals surface area contributed by atoms with Gasteiger partial charge >= 0.3 is 6.18 Å². The summed E-state index contributed by atoms with van der Waals surface area (Å²) in [6.45, 7) is 2.47. The lowest BCUT2D eigenvalue weighted by Crippen LogP contribution is -2.38. The topological polar surface area (TPSA) is 86.3 Å². The van der Waals surface area contributed by atoms with Crippen molar-refractivity contribution in [3.63, 3.8) is 0 Å². The summed E-state index contributed by atoms with van der Waals surface area (Å²) >= 11 is 0.964. The third-order valence-electron chi connectivity index (χ3n) is 4.54. The molecule has 1 aromatic carbocycles. The maximum atomic E-state index is 12.9. The molecular weight excluding hydrogens is 399 g/mol. The van der Waals surface area contributed by atoms with Gasteiger partial charge in [0.15, 0.2) is 5.16 Å². The average molecular weight is 415 g/mol. The Morgan fingerprint density at radius 1 is 1.21 bits per heavy atom. The summed E-state index contributed by atoms with van der Waals surface area (Å²) in [5.41, 5.74) is -1.65. The number of rotatable bonds is 5. The van der Waals surface area contributed by atoms with Crippen LogP contribution >= 0.6 is 11.8 Å². The fraction of sp³-hybridized carbons (Fsp3) is 0.500. The Morgan fingerprint density at radius 3 is 2.54 bits per heavy atom. The Hall–Kier alpha value is -2.34. The molecule has 1 aromatic heterocycles. The number of anilines is 1. The first kappa shape index (κ1) is 19.0. The molecule has 2 aromatic rings. The van der Waals surface area contributed by atoms with Crippen molar-refractivity contribution in [2.75, 3.05) is 31.2 Å². The molecule has 8 nitrogen and oxygen atoms in total. The summed E-state index contributed by atoms with van der Waals surface area (Å²) in [4.78, 5) is 12.7. The van der Waals surface area contributed by atoms with E-state index in [1.807, 2.05) is 9.47 Å². The SMILES string of the molecule is O=[N+]([O-])c1cc(C(F)(F)F)ccc1Sc1nnc(N2CCOCC2)n1C1CC1. The van der Waals surface area contributed by atoms with E-state index in [9.17, 15) is 23.3 Å². The zero-order valence-electron chi connectivity index (χ0n) is 14.6. The molecule has 2 aliphatic rings. The fourth-order valence-electron chi connectivity index (χ4n) is 2.99. The summed E-state index contributed by atoms with van der Waals surface area (Å²) < 4.78 is 46.0. The predicted octanol–water partition coefficient (Wildman–Crippen LogP) is 3.53. The molecule has 0 amide bonds. The van der Waals surface area contributed by atoms with Gasteiger partial charge in [0, 0.05) is 25.2 Å². The van der Waals surface area contributed by atoms with Gasteiger partial charge in [-0.3, -0.25) is 14.7 Å². The first-order valence-corrected chi connectivity index (χ1v) is 9.47. The van der Waals surface area contributed by atoms with Crippen LogP contribution in [0.5, 0.6) is 0 Å². The molecule has 0 atom stereocenters. The normalized spacial score (nSPS) is 17.8. The van der Waals surface area contributed by atoms with Crippen LogP contribution in [-0.2, 0) is 10.9 Å². The highest BCUT2D eigenvalue weighted by Gasteiger charge is 2.35. The van der Waals surface area contributed by atoms with E-state index in [1.165, 1.54) is 0 Å². The van der Waals surface area contributed by atoms with Gasteiger partial charge in [-0.15, -0.1) is 10.2 Å². The number of nitrogens with zero attached hydrogens (tertiary/aromatic N) is 5. The maximum absolute atomic E-state index is 12.9. The van der Waals surface area contributed by atoms with E-state index in [-0.39, 0.29) is 10.9 Å². The van der Waals surface area contributed by atoms with Crippen LogP contribution in [-0.4, -0.2) is 46.0 Å². The number of ether oxygens (including phenoxy) is 1. The van der Waals surface area contributed by atoms with Crippen LogP contribution in [0.2, 0.25) is 0 Å². The van der Waals surface area contributed by atoms with E-state index >= 15 is 0 Å². The zero-order chi connectivity index (χ0) is 19.9. The molecule has 12 heteroatoms. The number of hydrogen-bond donors (Lipinski definition) is 0. The summed E-state index contributed by atoms with van der Waals surface area (Å²) in [6.07, 6.45) is -2.76. The second-order valence-electron chi connectivity index (χ2n) is 6.52. The van der Waals surface area contributed by atoms with E-state index in [4.69, 9.17) is 4.74 Å². The predicted molar refractivity (Wildman–Crippen MR) is 93.5 cm³/mol. The monoisotopic (exact) mass is 415 g/mol. The Labute approximate surface area is 161 Å². The number of morpholine rings is 1. The van der Waals surface area contributed by atoms with Crippen LogP contribution in [0, 0.1) is 10.1 Å². The van der Waals surface area contributed by atoms with Gasteiger partial charge in [-0.25, -0.2) is 0 Å². The van der Waals surface area contributed by atoms with Crippen molar-refractivity contribution in [2.45, 2.75) is 35.1 Å². The Balaban J connectivity index is 1.68. The van der Waals surface area contributed by atoms with Crippen molar-refractivity contribution in [1.29, 1.82) is 0 Å². The van der Waals surface area contributed by atoms with Crippen LogP contribution in [0.15, 0.2) is 28.3 Å². The van der Waals surface area contributed by atoms with Gasteiger partial charge in [0.1, 0.15) is 0 Å². The first-order chi connectivity index (χ1) is 13.3. The van der Waals surface area contributed by atoms with Crippen molar-refractivity contribution >= 4 is 23.4 Å². The number of alkyl halides is 3. The number of aromatic nitrogens is 3. The number of nitro groups is 1. The highest BCUT2D eigenvalue weighted by atomic mass is 32.2. The van der Waals surface area contributed by atoms with E-state index in [1.54, 1.807) is 0 Å². The molecule has 1 saturated carbocycles. The third-order valence-corrected chi connectivity index (χ3v) is 5.56. The summed E-state index contributed by atoms with van der Waals surface area (Å²) in [5.74, 6) is 0.669. The van der Waals surface area contributed by atoms with Gasteiger partial charge in [0.25, 0.3) is 5.69 Å².